The van der Waals surface area contributed by atoms with Crippen molar-refractivity contribution in [1.29, 1.82) is 0 Å². The molecule has 0 unspecified atom stereocenters. The molecule has 2 aromatic carbocycles. The number of benzene rings is 2. The Morgan fingerprint density at radius 2 is 1.79 bits per heavy atom. The SMILES string of the molecule is CCc1cccc(NC2CC(c3ccccc3)C2)c1. The van der Waals surface area contributed by atoms with Crippen LogP contribution in [0.3, 0.4) is 0 Å². The van der Waals surface area contributed by atoms with E-state index in [1.54, 1.807) is 0 Å². The van der Waals surface area contributed by atoms with Gasteiger partial charge in [0.15, 0.2) is 0 Å². The molecule has 1 aliphatic carbocycles. The van der Waals surface area contributed by atoms with Crippen molar-refractivity contribution in [3.05, 3.63) is 65.7 Å². The fourth-order valence-electron chi connectivity index (χ4n) is 2.85. The standard InChI is InChI=1S/C18H21N/c1-2-14-7-6-10-17(11-14)19-18-12-16(13-18)15-8-4-3-5-9-15/h3-11,16,18-19H,2,12-13H2,1H3. The van der Waals surface area contributed by atoms with Crippen LogP contribution in [0.1, 0.15) is 36.8 Å². The molecule has 0 aromatic heterocycles. The molecule has 0 aliphatic heterocycles. The molecule has 3 rings (SSSR count). The molecule has 1 aliphatic rings. The van der Waals surface area contributed by atoms with Crippen molar-refractivity contribution in [2.45, 2.75) is 38.1 Å². The molecule has 0 heterocycles. The molecule has 0 radical (unpaired) electrons. The van der Waals surface area contributed by atoms with Crippen LogP contribution in [0.15, 0.2) is 54.6 Å². The lowest BCUT2D eigenvalue weighted by atomic mass is 9.76. The number of hydrogen-bond donors (Lipinski definition) is 1. The second kappa shape index (κ2) is 5.48. The molecule has 0 bridgehead atoms. The van der Waals surface area contributed by atoms with E-state index in [9.17, 15) is 0 Å². The maximum Gasteiger partial charge on any atom is 0.0345 e. The van der Waals surface area contributed by atoms with E-state index in [1.807, 2.05) is 0 Å². The summed E-state index contributed by atoms with van der Waals surface area (Å²) in [6.07, 6.45) is 3.60. The zero-order chi connectivity index (χ0) is 13.1. The molecule has 98 valence electrons. The van der Waals surface area contributed by atoms with Crippen molar-refractivity contribution >= 4 is 5.69 Å². The van der Waals surface area contributed by atoms with Gasteiger partial charge in [0.25, 0.3) is 0 Å². The quantitative estimate of drug-likeness (QED) is 0.837. The highest BCUT2D eigenvalue weighted by atomic mass is 14.9. The lowest BCUT2D eigenvalue weighted by Crippen LogP contribution is -2.33. The second-order valence-corrected chi connectivity index (χ2v) is 5.47. The molecule has 1 heteroatoms. The lowest BCUT2D eigenvalue weighted by molar-refractivity contribution is 0.374. The van der Waals surface area contributed by atoms with Gasteiger partial charge in [-0.2, -0.15) is 0 Å². The topological polar surface area (TPSA) is 12.0 Å². The molecule has 1 fully saturated rings. The van der Waals surface area contributed by atoms with Gasteiger partial charge in [0.2, 0.25) is 0 Å². The van der Waals surface area contributed by atoms with Gasteiger partial charge < -0.3 is 5.32 Å². The van der Waals surface area contributed by atoms with Gasteiger partial charge in [-0.05, 0) is 48.4 Å². The minimum absolute atomic E-state index is 0.636. The summed E-state index contributed by atoms with van der Waals surface area (Å²) in [5, 5.41) is 3.65. The zero-order valence-electron chi connectivity index (χ0n) is 11.5. The lowest BCUT2D eigenvalue weighted by Gasteiger charge is -2.37. The third-order valence-electron chi connectivity index (χ3n) is 4.12. The van der Waals surface area contributed by atoms with Crippen molar-refractivity contribution in [1.82, 2.24) is 0 Å². The van der Waals surface area contributed by atoms with Gasteiger partial charge in [0.05, 0.1) is 0 Å². The zero-order valence-corrected chi connectivity index (χ0v) is 11.5. The summed E-state index contributed by atoms with van der Waals surface area (Å²) in [5.41, 5.74) is 4.17. The molecule has 1 nitrogen and oxygen atoms in total. The van der Waals surface area contributed by atoms with Crippen LogP contribution in [0.2, 0.25) is 0 Å². The van der Waals surface area contributed by atoms with Crippen LogP contribution in [-0.2, 0) is 6.42 Å². The molecule has 0 atom stereocenters. The summed E-state index contributed by atoms with van der Waals surface area (Å²) in [4.78, 5) is 0. The molecule has 1 N–H and O–H groups in total. The molecule has 0 spiro atoms. The van der Waals surface area contributed by atoms with Crippen molar-refractivity contribution in [2.24, 2.45) is 0 Å². The monoisotopic (exact) mass is 251 g/mol. The third-order valence-corrected chi connectivity index (χ3v) is 4.12. The van der Waals surface area contributed by atoms with Crippen molar-refractivity contribution < 1.29 is 0 Å². The van der Waals surface area contributed by atoms with Crippen molar-refractivity contribution in [2.75, 3.05) is 5.32 Å². The van der Waals surface area contributed by atoms with Gasteiger partial charge in [-0.3, -0.25) is 0 Å². The Labute approximate surface area is 115 Å². The van der Waals surface area contributed by atoms with E-state index in [0.29, 0.717) is 6.04 Å². The Kier molecular flexibility index (Phi) is 3.54. The number of rotatable bonds is 4. The molecule has 1 saturated carbocycles. The normalized spacial score (nSPS) is 21.7. The molecule has 0 amide bonds. The Balaban J connectivity index is 1.56. The minimum atomic E-state index is 0.636. The fourth-order valence-corrected chi connectivity index (χ4v) is 2.85. The smallest absolute Gasteiger partial charge is 0.0345 e. The first kappa shape index (κ1) is 12.3. The summed E-state index contributed by atoms with van der Waals surface area (Å²) in [5.74, 6) is 0.744. The van der Waals surface area contributed by atoms with Gasteiger partial charge in [0, 0.05) is 11.7 Å². The highest BCUT2D eigenvalue weighted by molar-refractivity contribution is 5.47. The van der Waals surface area contributed by atoms with Gasteiger partial charge in [0.1, 0.15) is 0 Å². The van der Waals surface area contributed by atoms with Gasteiger partial charge in [-0.1, -0.05) is 49.4 Å². The average molecular weight is 251 g/mol. The van der Waals surface area contributed by atoms with E-state index in [4.69, 9.17) is 0 Å². The van der Waals surface area contributed by atoms with Gasteiger partial charge in [-0.15, -0.1) is 0 Å². The highest BCUT2D eigenvalue weighted by Gasteiger charge is 2.29. The number of nitrogens with one attached hydrogen (secondary N) is 1. The van der Waals surface area contributed by atoms with E-state index < -0.39 is 0 Å². The molecule has 2 aromatic rings. The number of hydrogen-bond acceptors (Lipinski definition) is 1. The second-order valence-electron chi connectivity index (χ2n) is 5.47. The predicted molar refractivity (Wildman–Crippen MR) is 81.6 cm³/mol. The van der Waals surface area contributed by atoms with Crippen LogP contribution in [0.5, 0.6) is 0 Å². The Morgan fingerprint density at radius 1 is 1.00 bits per heavy atom. The van der Waals surface area contributed by atoms with E-state index in [1.165, 1.54) is 29.7 Å². The summed E-state index contributed by atoms with van der Waals surface area (Å²) in [6.45, 7) is 2.20. The highest BCUT2D eigenvalue weighted by Crippen LogP contribution is 2.38. The Bertz CT molecular complexity index is 526. The summed E-state index contributed by atoms with van der Waals surface area (Å²) in [6, 6.07) is 20.3. The first-order valence-corrected chi connectivity index (χ1v) is 7.25. The predicted octanol–water partition coefficient (Wildman–Crippen LogP) is 4.61. The third kappa shape index (κ3) is 2.81. The number of aryl methyl sites for hydroxylation is 1. The first-order valence-electron chi connectivity index (χ1n) is 7.25. The van der Waals surface area contributed by atoms with Crippen LogP contribution in [-0.4, -0.2) is 6.04 Å². The summed E-state index contributed by atoms with van der Waals surface area (Å²) < 4.78 is 0. The molecular weight excluding hydrogens is 230 g/mol. The maximum absolute atomic E-state index is 3.65. The summed E-state index contributed by atoms with van der Waals surface area (Å²) in [7, 11) is 0. The van der Waals surface area contributed by atoms with Gasteiger partial charge in [-0.25, -0.2) is 0 Å². The van der Waals surface area contributed by atoms with E-state index in [0.717, 1.165) is 12.3 Å². The number of anilines is 1. The Morgan fingerprint density at radius 3 is 2.53 bits per heavy atom. The largest absolute Gasteiger partial charge is 0.382 e. The van der Waals surface area contributed by atoms with Crippen LogP contribution in [0.25, 0.3) is 0 Å². The van der Waals surface area contributed by atoms with E-state index >= 15 is 0 Å². The van der Waals surface area contributed by atoms with E-state index in [2.05, 4.69) is 66.8 Å². The minimum Gasteiger partial charge on any atom is -0.382 e. The maximum atomic E-state index is 3.65. The van der Waals surface area contributed by atoms with Crippen LogP contribution in [0, 0.1) is 0 Å². The van der Waals surface area contributed by atoms with Crippen molar-refractivity contribution in [3.63, 3.8) is 0 Å². The molecule has 19 heavy (non-hydrogen) atoms. The van der Waals surface area contributed by atoms with E-state index in [-0.39, 0.29) is 0 Å². The van der Waals surface area contributed by atoms with Crippen molar-refractivity contribution in [3.8, 4) is 0 Å². The Hall–Kier alpha value is -1.76. The fraction of sp³-hybridized carbons (Fsp3) is 0.333. The first-order chi connectivity index (χ1) is 9.35. The van der Waals surface area contributed by atoms with Crippen LogP contribution < -0.4 is 5.32 Å². The molecular formula is C18H21N. The average Bonchev–Trinajstić information content (AvgIpc) is 2.43. The van der Waals surface area contributed by atoms with Gasteiger partial charge >= 0.3 is 0 Å². The van der Waals surface area contributed by atoms with Crippen LogP contribution >= 0.6 is 0 Å². The molecule has 0 saturated heterocycles. The summed E-state index contributed by atoms with van der Waals surface area (Å²) >= 11 is 0. The van der Waals surface area contributed by atoms with Crippen LogP contribution in [0.4, 0.5) is 5.69 Å².